The number of esters is 1. The minimum Gasteiger partial charge on any atom is -0.468 e. The first-order valence-electron chi connectivity index (χ1n) is 5.24. The molecule has 94 valence electrons. The quantitative estimate of drug-likeness (QED) is 0.600. The summed E-state index contributed by atoms with van der Waals surface area (Å²) >= 11 is 1.49. The van der Waals surface area contributed by atoms with E-state index in [1.165, 1.54) is 24.9 Å². The second-order valence-electron chi connectivity index (χ2n) is 3.48. The zero-order valence-corrected chi connectivity index (χ0v) is 10.5. The number of nitrogen functional groups attached to an aromatic ring is 1. The van der Waals surface area contributed by atoms with Crippen molar-refractivity contribution in [2.75, 3.05) is 24.3 Å². The molecule has 0 saturated heterocycles. The molecule has 0 aromatic carbocycles. The fourth-order valence-corrected chi connectivity index (χ4v) is 2.04. The molecule has 1 rings (SSSR count). The normalized spacial score (nSPS) is 10.2. The molecule has 1 aromatic heterocycles. The van der Waals surface area contributed by atoms with E-state index in [1.54, 1.807) is 16.8 Å². The second kappa shape index (κ2) is 7.01. The molecule has 17 heavy (non-hydrogen) atoms. The van der Waals surface area contributed by atoms with Crippen LogP contribution in [0.4, 0.5) is 5.69 Å². The van der Waals surface area contributed by atoms with Gasteiger partial charge in [-0.2, -0.15) is 11.8 Å². The van der Waals surface area contributed by atoms with Gasteiger partial charge in [0.05, 0.1) is 12.9 Å². The number of ether oxygens (including phenoxy) is 1. The topological polar surface area (TPSA) is 74.3 Å². The van der Waals surface area contributed by atoms with Gasteiger partial charge in [-0.25, -0.2) is 0 Å². The van der Waals surface area contributed by atoms with Crippen LogP contribution >= 0.6 is 11.8 Å². The van der Waals surface area contributed by atoms with Crippen molar-refractivity contribution in [1.82, 2.24) is 4.57 Å². The molecule has 0 amide bonds. The Kier molecular flexibility index (Phi) is 5.62. The van der Waals surface area contributed by atoms with Crippen LogP contribution in [-0.4, -0.2) is 29.2 Å². The van der Waals surface area contributed by atoms with E-state index in [1.807, 2.05) is 0 Å². The number of anilines is 1. The van der Waals surface area contributed by atoms with Gasteiger partial charge in [-0.05, 0) is 18.2 Å². The molecule has 1 heterocycles. The average Bonchev–Trinajstić information content (AvgIpc) is 2.32. The summed E-state index contributed by atoms with van der Waals surface area (Å²) in [6, 6.07) is 3.04. The Morgan fingerprint density at radius 1 is 1.53 bits per heavy atom. The highest BCUT2D eigenvalue weighted by Crippen LogP contribution is 2.04. The van der Waals surface area contributed by atoms with Crippen molar-refractivity contribution in [2.24, 2.45) is 0 Å². The highest BCUT2D eigenvalue weighted by atomic mass is 32.2. The first-order chi connectivity index (χ1) is 8.13. The third kappa shape index (κ3) is 4.95. The van der Waals surface area contributed by atoms with E-state index in [4.69, 9.17) is 5.73 Å². The minimum absolute atomic E-state index is 0.0582. The number of pyridine rings is 1. The van der Waals surface area contributed by atoms with Crippen LogP contribution in [0.2, 0.25) is 0 Å². The zero-order valence-electron chi connectivity index (χ0n) is 9.72. The lowest BCUT2D eigenvalue weighted by atomic mass is 10.4. The molecule has 0 aliphatic carbocycles. The number of carbonyl (C=O) groups excluding carboxylic acids is 1. The molecule has 0 spiro atoms. The molecule has 5 nitrogen and oxygen atoms in total. The Labute approximate surface area is 104 Å². The van der Waals surface area contributed by atoms with Crippen molar-refractivity contribution in [3.8, 4) is 0 Å². The first kappa shape index (κ1) is 13.6. The number of methoxy groups -OCH3 is 1. The van der Waals surface area contributed by atoms with Gasteiger partial charge in [0.15, 0.2) is 0 Å². The van der Waals surface area contributed by atoms with Crippen LogP contribution in [0.15, 0.2) is 23.1 Å². The highest BCUT2D eigenvalue weighted by Gasteiger charge is 2.00. The molecular weight excluding hydrogens is 240 g/mol. The molecule has 0 fully saturated rings. The molecule has 6 heteroatoms. The molecule has 0 unspecified atom stereocenters. The second-order valence-corrected chi connectivity index (χ2v) is 4.58. The third-order valence-corrected chi connectivity index (χ3v) is 3.16. The van der Waals surface area contributed by atoms with Crippen LogP contribution in [0, 0.1) is 0 Å². The molecule has 1 aromatic rings. The van der Waals surface area contributed by atoms with Gasteiger partial charge in [0.1, 0.15) is 0 Å². The number of aryl methyl sites for hydroxylation is 1. The Balaban J connectivity index is 2.29. The Morgan fingerprint density at radius 2 is 2.29 bits per heavy atom. The van der Waals surface area contributed by atoms with Crippen molar-refractivity contribution in [3.05, 3.63) is 28.7 Å². The maximum Gasteiger partial charge on any atom is 0.315 e. The summed E-state index contributed by atoms with van der Waals surface area (Å²) in [6.07, 6.45) is 2.44. The number of nitrogens with zero attached hydrogens (tertiary/aromatic N) is 1. The van der Waals surface area contributed by atoms with E-state index in [9.17, 15) is 9.59 Å². The summed E-state index contributed by atoms with van der Waals surface area (Å²) < 4.78 is 6.10. The van der Waals surface area contributed by atoms with Crippen LogP contribution in [0.1, 0.15) is 6.42 Å². The van der Waals surface area contributed by atoms with Gasteiger partial charge in [0, 0.05) is 24.5 Å². The number of aromatic nitrogens is 1. The van der Waals surface area contributed by atoms with Crippen LogP contribution < -0.4 is 11.3 Å². The summed E-state index contributed by atoms with van der Waals surface area (Å²) in [5.74, 6) is 0.926. The summed E-state index contributed by atoms with van der Waals surface area (Å²) in [5.41, 5.74) is 6.11. The van der Waals surface area contributed by atoms with E-state index in [2.05, 4.69) is 4.74 Å². The van der Waals surface area contributed by atoms with E-state index in [0.717, 1.165) is 12.2 Å². The standard InChI is InChI=1S/C11H16N2O3S/c1-16-11(15)8-17-6-2-5-13-7-9(12)3-4-10(13)14/h3-4,7H,2,5-6,8,12H2,1H3. The number of thioether (sulfide) groups is 1. The molecular formula is C11H16N2O3S. The van der Waals surface area contributed by atoms with Crippen molar-refractivity contribution in [3.63, 3.8) is 0 Å². The van der Waals surface area contributed by atoms with Crippen LogP contribution in [0.5, 0.6) is 0 Å². The monoisotopic (exact) mass is 256 g/mol. The molecule has 0 bridgehead atoms. The Morgan fingerprint density at radius 3 is 3.00 bits per heavy atom. The predicted molar refractivity (Wildman–Crippen MR) is 69.1 cm³/mol. The fourth-order valence-electron chi connectivity index (χ4n) is 1.28. The van der Waals surface area contributed by atoms with Gasteiger partial charge < -0.3 is 15.0 Å². The zero-order chi connectivity index (χ0) is 12.7. The lowest BCUT2D eigenvalue weighted by molar-refractivity contribution is -0.137. The van der Waals surface area contributed by atoms with E-state index in [-0.39, 0.29) is 11.5 Å². The fraction of sp³-hybridized carbons (Fsp3) is 0.455. The predicted octanol–water partition coefficient (Wildman–Crippen LogP) is 0.727. The van der Waals surface area contributed by atoms with Crippen LogP contribution in [-0.2, 0) is 16.1 Å². The number of carbonyl (C=O) groups is 1. The lowest BCUT2D eigenvalue weighted by Gasteiger charge is -2.05. The van der Waals surface area contributed by atoms with E-state index >= 15 is 0 Å². The minimum atomic E-state index is -0.226. The van der Waals surface area contributed by atoms with Crippen molar-refractivity contribution in [2.45, 2.75) is 13.0 Å². The Hall–Kier alpha value is -1.43. The van der Waals surface area contributed by atoms with Crippen molar-refractivity contribution < 1.29 is 9.53 Å². The van der Waals surface area contributed by atoms with Crippen LogP contribution in [0.3, 0.4) is 0 Å². The molecule has 0 atom stereocenters. The largest absolute Gasteiger partial charge is 0.468 e. The lowest BCUT2D eigenvalue weighted by Crippen LogP contribution is -2.19. The molecule has 0 aliphatic rings. The number of nitrogens with two attached hydrogens (primary N) is 1. The van der Waals surface area contributed by atoms with Gasteiger partial charge in [-0.1, -0.05) is 0 Å². The maximum absolute atomic E-state index is 11.4. The maximum atomic E-state index is 11.4. The first-order valence-corrected chi connectivity index (χ1v) is 6.39. The summed E-state index contributed by atoms with van der Waals surface area (Å²) in [5, 5.41) is 0. The van der Waals surface area contributed by atoms with Gasteiger partial charge in [-0.3, -0.25) is 9.59 Å². The molecule has 0 aliphatic heterocycles. The summed E-state index contributed by atoms with van der Waals surface area (Å²) in [7, 11) is 1.37. The van der Waals surface area contributed by atoms with Gasteiger partial charge in [0.2, 0.25) is 0 Å². The van der Waals surface area contributed by atoms with E-state index < -0.39 is 0 Å². The van der Waals surface area contributed by atoms with Gasteiger partial charge in [-0.15, -0.1) is 0 Å². The molecule has 2 N–H and O–H groups in total. The SMILES string of the molecule is COC(=O)CSCCCn1cc(N)ccc1=O. The molecule has 0 radical (unpaired) electrons. The summed E-state index contributed by atoms with van der Waals surface area (Å²) in [6.45, 7) is 0.609. The highest BCUT2D eigenvalue weighted by molar-refractivity contribution is 7.99. The third-order valence-electron chi connectivity index (χ3n) is 2.14. The smallest absolute Gasteiger partial charge is 0.315 e. The number of hydrogen-bond acceptors (Lipinski definition) is 5. The number of hydrogen-bond donors (Lipinski definition) is 1. The van der Waals surface area contributed by atoms with E-state index in [0.29, 0.717) is 18.0 Å². The Bertz CT molecular complexity index is 431. The van der Waals surface area contributed by atoms with Crippen molar-refractivity contribution in [1.29, 1.82) is 0 Å². The average molecular weight is 256 g/mol. The van der Waals surface area contributed by atoms with Crippen LogP contribution in [0.25, 0.3) is 0 Å². The number of rotatable bonds is 6. The van der Waals surface area contributed by atoms with Gasteiger partial charge >= 0.3 is 5.97 Å². The summed E-state index contributed by atoms with van der Waals surface area (Å²) in [4.78, 5) is 22.2. The molecule has 0 saturated carbocycles. The van der Waals surface area contributed by atoms with Crippen molar-refractivity contribution >= 4 is 23.4 Å². The van der Waals surface area contributed by atoms with Gasteiger partial charge in [0.25, 0.3) is 5.56 Å².